The summed E-state index contributed by atoms with van der Waals surface area (Å²) in [6, 6.07) is 28.9. The summed E-state index contributed by atoms with van der Waals surface area (Å²) in [4.78, 5) is 19.0. The first-order valence-corrected chi connectivity index (χ1v) is 17.8. The lowest BCUT2D eigenvalue weighted by molar-refractivity contribution is -0.113. The van der Waals surface area contributed by atoms with Crippen LogP contribution in [0.25, 0.3) is 0 Å². The van der Waals surface area contributed by atoms with Crippen molar-refractivity contribution < 1.29 is 14.3 Å². The summed E-state index contributed by atoms with van der Waals surface area (Å²) in [7, 11) is 0. The van der Waals surface area contributed by atoms with Crippen LogP contribution < -0.4 is 20.1 Å². The van der Waals surface area contributed by atoms with Crippen LogP contribution in [0.15, 0.2) is 112 Å². The zero-order chi connectivity index (χ0) is 33.6. The van der Waals surface area contributed by atoms with E-state index in [2.05, 4.69) is 38.7 Å². The van der Waals surface area contributed by atoms with E-state index in [0.717, 1.165) is 28.8 Å². The molecule has 2 N–H and O–H groups in total. The second kappa shape index (κ2) is 15.3. The van der Waals surface area contributed by atoms with Crippen molar-refractivity contribution in [1.82, 2.24) is 14.8 Å². The number of thioether (sulfide) groups is 1. The van der Waals surface area contributed by atoms with Gasteiger partial charge in [0.05, 0.1) is 23.3 Å². The molecule has 1 aliphatic heterocycles. The molecule has 1 aliphatic rings. The Morgan fingerprint density at radius 2 is 1.77 bits per heavy atom. The van der Waals surface area contributed by atoms with Gasteiger partial charge in [-0.15, -0.1) is 5.10 Å². The van der Waals surface area contributed by atoms with Gasteiger partial charge in [0.25, 0.3) is 5.91 Å². The zero-order valence-electron chi connectivity index (χ0n) is 26.8. The molecule has 0 radical (unpaired) electrons. The third kappa shape index (κ3) is 7.56. The van der Waals surface area contributed by atoms with Crippen LogP contribution in [-0.4, -0.2) is 33.9 Å². The lowest BCUT2D eigenvalue weighted by Crippen LogP contribution is -2.31. The van der Waals surface area contributed by atoms with Crippen molar-refractivity contribution in [2.75, 3.05) is 23.8 Å². The minimum absolute atomic E-state index is 0.247. The Hall–Kier alpha value is -4.25. The van der Waals surface area contributed by atoms with Crippen LogP contribution in [0.3, 0.4) is 0 Å². The molecule has 6 rings (SSSR count). The third-order valence-electron chi connectivity index (χ3n) is 7.91. The van der Waals surface area contributed by atoms with Gasteiger partial charge in [-0.05, 0) is 83.2 Å². The van der Waals surface area contributed by atoms with E-state index in [0.29, 0.717) is 62.3 Å². The van der Waals surface area contributed by atoms with Gasteiger partial charge in [0.1, 0.15) is 6.04 Å². The first kappa shape index (κ1) is 33.6. The summed E-state index contributed by atoms with van der Waals surface area (Å²) in [5.74, 6) is 2.05. The van der Waals surface area contributed by atoms with Crippen LogP contribution in [0.5, 0.6) is 11.5 Å². The van der Waals surface area contributed by atoms with Crippen LogP contribution in [0.1, 0.15) is 42.1 Å². The number of amides is 1. The fourth-order valence-corrected chi connectivity index (χ4v) is 7.21. The molecule has 0 saturated heterocycles. The van der Waals surface area contributed by atoms with E-state index in [1.54, 1.807) is 4.68 Å². The summed E-state index contributed by atoms with van der Waals surface area (Å²) in [6.07, 6.45) is 0.747. The number of halogens is 2. The molecule has 1 amide bonds. The average molecular weight is 745 g/mol. The largest absolute Gasteiger partial charge is 0.490 e. The SMILES string of the molecule is CCOc1cc(C2C(C(=O)Nc3ccccc3C)=C(C)Nc3nc(SCc4ccccc4Cl)nn32)cc(Br)c1OCCc1ccccc1. The summed E-state index contributed by atoms with van der Waals surface area (Å²) >= 11 is 11.7. The molecule has 11 heteroatoms. The van der Waals surface area contributed by atoms with Gasteiger partial charge in [-0.3, -0.25) is 4.79 Å². The number of aromatic nitrogens is 3. The van der Waals surface area contributed by atoms with Crippen molar-refractivity contribution in [2.24, 2.45) is 0 Å². The predicted molar refractivity (Wildman–Crippen MR) is 196 cm³/mol. The van der Waals surface area contributed by atoms with Gasteiger partial charge in [-0.25, -0.2) is 4.68 Å². The summed E-state index contributed by atoms with van der Waals surface area (Å²) < 4.78 is 14.9. The molecule has 1 unspecified atom stereocenters. The van der Waals surface area contributed by atoms with E-state index in [1.807, 2.05) is 99.6 Å². The molecular formula is C37H35BrClN5O3S. The minimum Gasteiger partial charge on any atom is -0.490 e. The Morgan fingerprint density at radius 3 is 2.54 bits per heavy atom. The number of ether oxygens (including phenoxy) is 2. The highest BCUT2D eigenvalue weighted by atomic mass is 79.9. The number of nitrogens with zero attached hydrogens (tertiary/aromatic N) is 3. The van der Waals surface area contributed by atoms with Gasteiger partial charge >= 0.3 is 0 Å². The van der Waals surface area contributed by atoms with E-state index in [1.165, 1.54) is 17.3 Å². The number of aryl methyl sites for hydroxylation is 1. The van der Waals surface area contributed by atoms with E-state index < -0.39 is 6.04 Å². The molecular weight excluding hydrogens is 710 g/mol. The van der Waals surface area contributed by atoms with Gasteiger partial charge in [-0.2, -0.15) is 4.98 Å². The average Bonchev–Trinajstić information content (AvgIpc) is 3.48. The molecule has 0 spiro atoms. The Kier molecular flexibility index (Phi) is 10.7. The molecule has 8 nitrogen and oxygen atoms in total. The summed E-state index contributed by atoms with van der Waals surface area (Å²) in [5.41, 5.74) is 5.83. The normalized spacial score (nSPS) is 13.9. The topological polar surface area (TPSA) is 90.3 Å². The number of benzene rings is 4. The van der Waals surface area contributed by atoms with E-state index >= 15 is 0 Å². The van der Waals surface area contributed by atoms with Crippen LogP contribution in [-0.2, 0) is 17.0 Å². The van der Waals surface area contributed by atoms with Crippen LogP contribution in [0, 0.1) is 6.92 Å². The lowest BCUT2D eigenvalue weighted by atomic mass is 9.94. The highest BCUT2D eigenvalue weighted by Gasteiger charge is 2.35. The van der Waals surface area contributed by atoms with Gasteiger partial charge < -0.3 is 20.1 Å². The number of allylic oxidation sites excluding steroid dienone is 1. The maximum atomic E-state index is 14.2. The number of carbonyl (C=O) groups excluding carboxylic acids is 1. The molecule has 5 aromatic rings. The van der Waals surface area contributed by atoms with Crippen molar-refractivity contribution in [1.29, 1.82) is 0 Å². The maximum Gasteiger partial charge on any atom is 0.255 e. The van der Waals surface area contributed by atoms with Gasteiger partial charge in [-0.1, -0.05) is 90.1 Å². The zero-order valence-corrected chi connectivity index (χ0v) is 30.0. The Morgan fingerprint density at radius 1 is 1.02 bits per heavy atom. The number of anilines is 2. The fraction of sp³-hybridized carbons (Fsp3) is 0.216. The van der Waals surface area contributed by atoms with E-state index in [-0.39, 0.29) is 5.91 Å². The first-order chi connectivity index (χ1) is 23.3. The molecule has 246 valence electrons. The highest BCUT2D eigenvalue weighted by Crippen LogP contribution is 2.44. The van der Waals surface area contributed by atoms with Crippen LogP contribution in [0.4, 0.5) is 11.6 Å². The lowest BCUT2D eigenvalue weighted by Gasteiger charge is -2.29. The Bertz CT molecular complexity index is 1970. The molecule has 2 heterocycles. The number of para-hydroxylation sites is 1. The number of nitrogens with one attached hydrogen (secondary N) is 2. The molecule has 4 aromatic carbocycles. The number of hydrogen-bond acceptors (Lipinski definition) is 7. The first-order valence-electron chi connectivity index (χ1n) is 15.6. The second-order valence-corrected chi connectivity index (χ2v) is 13.4. The van der Waals surface area contributed by atoms with Crippen molar-refractivity contribution in [3.8, 4) is 11.5 Å². The van der Waals surface area contributed by atoms with Gasteiger partial charge in [0.2, 0.25) is 11.1 Å². The van der Waals surface area contributed by atoms with Gasteiger partial charge in [0, 0.05) is 28.6 Å². The van der Waals surface area contributed by atoms with Gasteiger partial charge in [0.15, 0.2) is 11.5 Å². The second-order valence-electron chi connectivity index (χ2n) is 11.2. The molecule has 1 aromatic heterocycles. The maximum absolute atomic E-state index is 14.2. The monoisotopic (exact) mass is 743 g/mol. The fourth-order valence-electron chi connectivity index (χ4n) is 5.52. The van der Waals surface area contributed by atoms with Crippen molar-refractivity contribution in [3.63, 3.8) is 0 Å². The number of hydrogen-bond donors (Lipinski definition) is 2. The molecule has 0 saturated carbocycles. The van der Waals surface area contributed by atoms with E-state index in [9.17, 15) is 4.79 Å². The molecule has 0 fully saturated rings. The molecule has 1 atom stereocenters. The highest BCUT2D eigenvalue weighted by molar-refractivity contribution is 9.10. The van der Waals surface area contributed by atoms with Crippen molar-refractivity contribution in [2.45, 2.75) is 44.1 Å². The molecule has 0 aliphatic carbocycles. The van der Waals surface area contributed by atoms with Crippen LogP contribution in [0.2, 0.25) is 5.02 Å². The number of fused-ring (bicyclic) bond motifs is 1. The minimum atomic E-state index is -0.624. The Labute approximate surface area is 298 Å². The third-order valence-corrected chi connectivity index (χ3v) is 9.76. The van der Waals surface area contributed by atoms with E-state index in [4.69, 9.17) is 31.2 Å². The molecule has 48 heavy (non-hydrogen) atoms. The predicted octanol–water partition coefficient (Wildman–Crippen LogP) is 9.24. The number of rotatable bonds is 12. The summed E-state index contributed by atoms with van der Waals surface area (Å²) in [5, 5.41) is 12.6. The number of carbonyl (C=O) groups is 1. The quantitative estimate of drug-likeness (QED) is 0.123. The Balaban J connectivity index is 1.37. The standard InChI is InChI=1S/C37H35BrClN5O3S/c1-4-46-31-21-27(20-28(38)34(31)47-19-18-25-13-6-5-7-14-25)33-32(35(45)41-30-17-11-8-12-23(30)2)24(3)40-36-42-37(43-44(33)36)48-22-26-15-9-10-16-29(26)39/h5-17,20-21,33H,4,18-19,22H2,1-3H3,(H,41,45)(H,40,42,43). The van der Waals surface area contributed by atoms with Crippen molar-refractivity contribution >= 4 is 56.8 Å². The van der Waals surface area contributed by atoms with Crippen molar-refractivity contribution in [3.05, 3.63) is 134 Å². The smallest absolute Gasteiger partial charge is 0.255 e. The summed E-state index contributed by atoms with van der Waals surface area (Å²) in [6.45, 7) is 6.69. The van der Waals surface area contributed by atoms with Crippen LogP contribution >= 0.6 is 39.3 Å². The molecule has 0 bridgehead atoms.